The van der Waals surface area contributed by atoms with Gasteiger partial charge in [0.1, 0.15) is 5.82 Å². The number of hydrogen-bond donors (Lipinski definition) is 2. The first-order valence-corrected chi connectivity index (χ1v) is 7.66. The quantitative estimate of drug-likeness (QED) is 0.882. The molecule has 0 amide bonds. The third-order valence-corrected chi connectivity index (χ3v) is 4.05. The fourth-order valence-corrected chi connectivity index (χ4v) is 2.87. The zero-order valence-corrected chi connectivity index (χ0v) is 12.8. The highest BCUT2D eigenvalue weighted by Crippen LogP contribution is 2.33. The highest BCUT2D eigenvalue weighted by atomic mass is 16.5. The second-order valence-corrected chi connectivity index (χ2v) is 5.73. The molecule has 22 heavy (non-hydrogen) atoms. The van der Waals surface area contributed by atoms with Crippen LogP contribution in [0.25, 0.3) is 0 Å². The predicted octanol–water partition coefficient (Wildman–Crippen LogP) is 1.89. The lowest BCUT2D eigenvalue weighted by molar-refractivity contribution is -0.0239. The van der Waals surface area contributed by atoms with E-state index in [9.17, 15) is 0 Å². The van der Waals surface area contributed by atoms with E-state index in [1.807, 2.05) is 36.3 Å². The second-order valence-electron chi connectivity index (χ2n) is 5.73. The fourth-order valence-electron chi connectivity index (χ4n) is 2.87. The molecular weight excluding hydrogens is 280 g/mol. The lowest BCUT2D eigenvalue weighted by Crippen LogP contribution is -2.28. The first kappa shape index (κ1) is 15.0. The Labute approximate surface area is 130 Å². The van der Waals surface area contributed by atoms with Crippen molar-refractivity contribution in [3.05, 3.63) is 41.9 Å². The van der Waals surface area contributed by atoms with Gasteiger partial charge in [-0.15, -0.1) is 0 Å². The SMILES string of the molecule is Cn1cc([C@@H]2OCCC[C@H]2CNc2ccc(CO)cn2)cn1. The van der Waals surface area contributed by atoms with Crippen LogP contribution in [-0.4, -0.2) is 33.0 Å². The van der Waals surface area contributed by atoms with Crippen LogP contribution in [0.4, 0.5) is 5.82 Å². The number of rotatable bonds is 5. The van der Waals surface area contributed by atoms with Gasteiger partial charge in [-0.25, -0.2) is 4.98 Å². The maximum Gasteiger partial charge on any atom is 0.125 e. The van der Waals surface area contributed by atoms with Crippen LogP contribution in [0.1, 0.15) is 30.1 Å². The Morgan fingerprint density at radius 3 is 3.00 bits per heavy atom. The molecule has 1 aliphatic heterocycles. The standard InChI is InChI=1S/C16H22N4O2/c1-20-10-14(9-19-20)16-13(3-2-6-22-16)8-18-15-5-4-12(11-21)7-17-15/h4-5,7,9-10,13,16,21H,2-3,6,8,11H2,1H3,(H,17,18)/t13-,16+/m0/s1. The number of hydrogen-bond acceptors (Lipinski definition) is 5. The van der Waals surface area contributed by atoms with Gasteiger partial charge >= 0.3 is 0 Å². The van der Waals surface area contributed by atoms with Crippen LogP contribution in [0.15, 0.2) is 30.7 Å². The van der Waals surface area contributed by atoms with Gasteiger partial charge in [0.05, 0.1) is 18.9 Å². The van der Waals surface area contributed by atoms with Crippen molar-refractivity contribution in [2.45, 2.75) is 25.6 Å². The highest BCUT2D eigenvalue weighted by Gasteiger charge is 2.28. The minimum atomic E-state index is 0.0207. The number of nitrogens with one attached hydrogen (secondary N) is 1. The van der Waals surface area contributed by atoms with E-state index in [1.54, 1.807) is 6.20 Å². The van der Waals surface area contributed by atoms with Gasteiger partial charge < -0.3 is 15.2 Å². The van der Waals surface area contributed by atoms with Gasteiger partial charge in [-0.2, -0.15) is 5.10 Å². The molecule has 1 aliphatic rings. The average Bonchev–Trinajstić information content (AvgIpc) is 3.00. The first-order valence-electron chi connectivity index (χ1n) is 7.66. The molecule has 0 aliphatic carbocycles. The summed E-state index contributed by atoms with van der Waals surface area (Å²) in [7, 11) is 1.92. The Morgan fingerprint density at radius 2 is 2.32 bits per heavy atom. The van der Waals surface area contributed by atoms with Crippen molar-refractivity contribution < 1.29 is 9.84 Å². The Hall–Kier alpha value is -1.92. The molecule has 0 aromatic carbocycles. The number of aliphatic hydroxyl groups excluding tert-OH is 1. The molecule has 1 fully saturated rings. The zero-order valence-electron chi connectivity index (χ0n) is 12.8. The van der Waals surface area contributed by atoms with Crippen LogP contribution in [0.2, 0.25) is 0 Å². The molecule has 0 bridgehead atoms. The van der Waals surface area contributed by atoms with Gasteiger partial charge in [0.2, 0.25) is 0 Å². The van der Waals surface area contributed by atoms with Crippen molar-refractivity contribution in [1.82, 2.24) is 14.8 Å². The van der Waals surface area contributed by atoms with Gasteiger partial charge in [0.25, 0.3) is 0 Å². The largest absolute Gasteiger partial charge is 0.392 e. The van der Waals surface area contributed by atoms with Crippen molar-refractivity contribution in [1.29, 1.82) is 0 Å². The van der Waals surface area contributed by atoms with Crippen LogP contribution in [0.3, 0.4) is 0 Å². The molecule has 2 atom stereocenters. The zero-order chi connectivity index (χ0) is 15.4. The van der Waals surface area contributed by atoms with Gasteiger partial charge in [-0.3, -0.25) is 4.68 Å². The number of pyridine rings is 1. The molecule has 2 aromatic heterocycles. The summed E-state index contributed by atoms with van der Waals surface area (Å²) in [6.07, 6.45) is 7.90. The number of ether oxygens (including phenoxy) is 1. The fraction of sp³-hybridized carbons (Fsp3) is 0.500. The monoisotopic (exact) mass is 302 g/mol. The molecule has 0 radical (unpaired) electrons. The van der Waals surface area contributed by atoms with Crippen molar-refractivity contribution >= 4 is 5.82 Å². The molecule has 6 nitrogen and oxygen atoms in total. The lowest BCUT2D eigenvalue weighted by atomic mass is 9.91. The minimum Gasteiger partial charge on any atom is -0.392 e. The summed E-state index contributed by atoms with van der Waals surface area (Å²) in [4.78, 5) is 4.31. The summed E-state index contributed by atoms with van der Waals surface area (Å²) in [5.41, 5.74) is 1.96. The van der Waals surface area contributed by atoms with E-state index in [2.05, 4.69) is 15.4 Å². The summed E-state index contributed by atoms with van der Waals surface area (Å²) in [5.74, 6) is 1.23. The van der Waals surface area contributed by atoms with Gasteiger partial charge in [-0.1, -0.05) is 6.07 Å². The number of anilines is 1. The minimum absolute atomic E-state index is 0.0207. The Bertz CT molecular complexity index is 596. The van der Waals surface area contributed by atoms with E-state index in [1.165, 1.54) is 0 Å². The Balaban J connectivity index is 1.63. The number of nitrogens with zero attached hydrogens (tertiary/aromatic N) is 3. The van der Waals surface area contributed by atoms with Crippen molar-refractivity contribution in [3.63, 3.8) is 0 Å². The molecule has 3 rings (SSSR count). The molecule has 0 unspecified atom stereocenters. The van der Waals surface area contributed by atoms with Crippen molar-refractivity contribution in [3.8, 4) is 0 Å². The third-order valence-electron chi connectivity index (χ3n) is 4.05. The average molecular weight is 302 g/mol. The summed E-state index contributed by atoms with van der Waals surface area (Å²) < 4.78 is 7.78. The summed E-state index contributed by atoms with van der Waals surface area (Å²) >= 11 is 0. The summed E-state index contributed by atoms with van der Waals surface area (Å²) in [6, 6.07) is 3.78. The van der Waals surface area contributed by atoms with E-state index < -0.39 is 0 Å². The normalized spacial score (nSPS) is 21.7. The highest BCUT2D eigenvalue weighted by molar-refractivity contribution is 5.35. The van der Waals surface area contributed by atoms with E-state index in [4.69, 9.17) is 9.84 Å². The lowest BCUT2D eigenvalue weighted by Gasteiger charge is -2.31. The molecular formula is C16H22N4O2. The smallest absolute Gasteiger partial charge is 0.125 e. The molecule has 118 valence electrons. The predicted molar refractivity (Wildman–Crippen MR) is 83.3 cm³/mol. The van der Waals surface area contributed by atoms with E-state index in [0.29, 0.717) is 5.92 Å². The van der Waals surface area contributed by atoms with Gasteiger partial charge in [0, 0.05) is 44.1 Å². The van der Waals surface area contributed by atoms with E-state index in [0.717, 1.165) is 42.9 Å². The maximum absolute atomic E-state index is 9.04. The van der Waals surface area contributed by atoms with Crippen LogP contribution in [-0.2, 0) is 18.4 Å². The van der Waals surface area contributed by atoms with Crippen LogP contribution in [0, 0.1) is 5.92 Å². The summed E-state index contributed by atoms with van der Waals surface area (Å²) in [5, 5.41) is 16.7. The number of aryl methyl sites for hydroxylation is 1. The molecule has 2 N–H and O–H groups in total. The molecule has 3 heterocycles. The number of aliphatic hydroxyl groups is 1. The van der Waals surface area contributed by atoms with Crippen LogP contribution >= 0.6 is 0 Å². The van der Waals surface area contributed by atoms with E-state index in [-0.39, 0.29) is 12.7 Å². The maximum atomic E-state index is 9.04. The van der Waals surface area contributed by atoms with Crippen LogP contribution in [0.5, 0.6) is 0 Å². The van der Waals surface area contributed by atoms with E-state index >= 15 is 0 Å². The topological polar surface area (TPSA) is 72.2 Å². The van der Waals surface area contributed by atoms with Gasteiger partial charge in [-0.05, 0) is 24.5 Å². The molecule has 1 saturated heterocycles. The molecule has 2 aromatic rings. The summed E-state index contributed by atoms with van der Waals surface area (Å²) in [6.45, 7) is 1.64. The van der Waals surface area contributed by atoms with Crippen LogP contribution < -0.4 is 5.32 Å². The first-order chi connectivity index (χ1) is 10.8. The van der Waals surface area contributed by atoms with Crippen molar-refractivity contribution in [2.75, 3.05) is 18.5 Å². The van der Waals surface area contributed by atoms with Gasteiger partial charge in [0.15, 0.2) is 0 Å². The number of aromatic nitrogens is 3. The molecule has 0 spiro atoms. The van der Waals surface area contributed by atoms with Crippen molar-refractivity contribution in [2.24, 2.45) is 13.0 Å². The molecule has 6 heteroatoms. The Morgan fingerprint density at radius 1 is 1.41 bits per heavy atom. The second kappa shape index (κ2) is 6.89. The molecule has 0 saturated carbocycles. The third kappa shape index (κ3) is 3.45. The Kier molecular flexibility index (Phi) is 4.70.